The van der Waals surface area contributed by atoms with Crippen molar-refractivity contribution in [1.82, 2.24) is 55.6 Å². The number of amides is 11. The number of unbranched alkanes of at least 4 members (excludes halogenated alkanes) is 1. The van der Waals surface area contributed by atoms with Crippen molar-refractivity contribution >= 4 is 75.1 Å². The summed E-state index contributed by atoms with van der Waals surface area (Å²) in [6, 6.07) is -14.6. The van der Waals surface area contributed by atoms with E-state index in [0.717, 1.165) is 21.0 Å². The molecular weight excluding hydrogens is 1230 g/mol. The van der Waals surface area contributed by atoms with Gasteiger partial charge in [-0.1, -0.05) is 95.2 Å². The van der Waals surface area contributed by atoms with Crippen molar-refractivity contribution in [2.45, 2.75) is 241 Å². The van der Waals surface area contributed by atoms with Gasteiger partial charge in [-0.2, -0.15) is 8.42 Å². The van der Waals surface area contributed by atoms with Gasteiger partial charge < -0.3 is 65.4 Å². The molecule has 1 heterocycles. The SMILES string of the molecule is C/C=C/C[C@@H](C)[C@@H](O)[C@H]1C(=O)N[C@@H](CC)C(=O)N(C)[C@H](C)C(=O)N(C)[C@@H]([C@@H](C)OCCCCOS(C)(=O)=O)C(=O)N[C@@H](C(C)C)C(=O)N(C)[C@H](CC(C)C)C(=O)N[C@@H](C)C(=O)N[C@@H](C)C(=O)N(C)[C@@H](CC(C)C)C(=O)N(C)[C@H](CC(C)C)C(=O)N(C)[C@@H](C(C)C)C(=O)N1C. The summed E-state index contributed by atoms with van der Waals surface area (Å²) < 4.78 is 34.2. The first-order valence-corrected chi connectivity index (χ1v) is 35.0. The molecule has 27 nitrogen and oxygen atoms in total. The van der Waals surface area contributed by atoms with Crippen LogP contribution < -0.4 is 21.3 Å². The van der Waals surface area contributed by atoms with Crippen LogP contribution >= 0.6 is 0 Å². The second kappa shape index (κ2) is 39.1. The van der Waals surface area contributed by atoms with Gasteiger partial charge in [-0.05, 0) is 115 Å². The van der Waals surface area contributed by atoms with Gasteiger partial charge >= 0.3 is 0 Å². The number of allylic oxidation sites excluding steroid dienone is 2. The molecule has 0 saturated carbocycles. The second-order valence-electron chi connectivity index (χ2n) is 27.6. The van der Waals surface area contributed by atoms with Gasteiger partial charge in [0.25, 0.3) is 10.1 Å². The molecule has 0 aromatic rings. The number of ether oxygens (including phenoxy) is 1. The van der Waals surface area contributed by atoms with Gasteiger partial charge in [0.15, 0.2) is 0 Å². The van der Waals surface area contributed by atoms with Gasteiger partial charge in [-0.25, -0.2) is 0 Å². The zero-order valence-electron chi connectivity index (χ0n) is 61.1. The van der Waals surface area contributed by atoms with Crippen LogP contribution in [-0.4, -0.2) is 260 Å². The van der Waals surface area contributed by atoms with Crippen LogP contribution in [0.4, 0.5) is 0 Å². The van der Waals surface area contributed by atoms with Gasteiger partial charge in [0.2, 0.25) is 65.0 Å². The summed E-state index contributed by atoms with van der Waals surface area (Å²) in [6.07, 6.45) is 2.86. The van der Waals surface area contributed by atoms with E-state index >= 15 is 14.4 Å². The third-order valence-electron chi connectivity index (χ3n) is 17.5. The Hall–Kier alpha value is -6.26. The van der Waals surface area contributed by atoms with Crippen LogP contribution in [0.1, 0.15) is 163 Å². The van der Waals surface area contributed by atoms with E-state index in [1.54, 1.807) is 60.6 Å². The lowest BCUT2D eigenvalue weighted by Gasteiger charge is -2.41. The summed E-state index contributed by atoms with van der Waals surface area (Å²) in [6.45, 7) is 28.5. The first kappa shape index (κ1) is 85.8. The van der Waals surface area contributed by atoms with Crippen molar-refractivity contribution in [3.8, 4) is 0 Å². The van der Waals surface area contributed by atoms with Crippen LogP contribution in [0.2, 0.25) is 0 Å². The van der Waals surface area contributed by atoms with E-state index < -0.39 is 172 Å². The maximum Gasteiger partial charge on any atom is 0.264 e. The third kappa shape index (κ3) is 24.7. The zero-order chi connectivity index (χ0) is 72.9. The van der Waals surface area contributed by atoms with Crippen molar-refractivity contribution < 1.29 is 75.2 Å². The van der Waals surface area contributed by atoms with Crippen molar-refractivity contribution in [2.75, 3.05) is 68.8 Å². The Morgan fingerprint density at radius 1 is 0.489 bits per heavy atom. The van der Waals surface area contributed by atoms with Crippen molar-refractivity contribution in [2.24, 2.45) is 35.5 Å². The molecule has 0 radical (unpaired) electrons. The van der Waals surface area contributed by atoms with E-state index in [9.17, 15) is 51.9 Å². The predicted octanol–water partition coefficient (Wildman–Crippen LogP) is 2.77. The van der Waals surface area contributed by atoms with Crippen molar-refractivity contribution in [1.29, 1.82) is 0 Å². The Morgan fingerprint density at radius 2 is 0.936 bits per heavy atom. The van der Waals surface area contributed by atoms with Crippen LogP contribution in [0.25, 0.3) is 0 Å². The normalized spacial score (nSPS) is 26.7. The summed E-state index contributed by atoms with van der Waals surface area (Å²) in [5.41, 5.74) is 0. The number of aliphatic hydroxyl groups excluding tert-OH is 1. The van der Waals surface area contributed by atoms with E-state index in [-0.39, 0.29) is 75.9 Å². The number of likely N-dealkylation sites (N-methyl/N-ethyl adjacent to an activating group) is 7. The topological polar surface area (TPSA) is 331 Å². The fourth-order valence-electron chi connectivity index (χ4n) is 11.5. The molecule has 0 aromatic carbocycles. The molecule has 5 N–H and O–H groups in total. The Labute approximate surface area is 561 Å². The van der Waals surface area contributed by atoms with E-state index in [4.69, 9.17) is 8.92 Å². The molecule has 0 unspecified atom stereocenters. The molecule has 0 spiro atoms. The highest BCUT2D eigenvalue weighted by molar-refractivity contribution is 7.85. The van der Waals surface area contributed by atoms with Crippen LogP contribution in [0, 0.1) is 35.5 Å². The predicted molar refractivity (Wildman–Crippen MR) is 359 cm³/mol. The highest BCUT2D eigenvalue weighted by Gasteiger charge is 2.46. The number of hydrogen-bond acceptors (Lipinski definition) is 16. The van der Waals surface area contributed by atoms with E-state index in [1.807, 2.05) is 41.5 Å². The van der Waals surface area contributed by atoms with Crippen LogP contribution in [0.5, 0.6) is 0 Å². The minimum atomic E-state index is -3.73. The van der Waals surface area contributed by atoms with Gasteiger partial charge in [0, 0.05) is 55.9 Å². The highest BCUT2D eigenvalue weighted by Crippen LogP contribution is 2.26. The number of aliphatic hydroxyl groups is 1. The molecule has 1 aliphatic heterocycles. The number of carbonyl (C=O) groups is 11. The van der Waals surface area contributed by atoms with Crippen LogP contribution in [-0.2, 0) is 71.8 Å². The Kier molecular flexibility index (Phi) is 35.6. The minimum Gasteiger partial charge on any atom is -0.390 e. The summed E-state index contributed by atoms with van der Waals surface area (Å²) in [5, 5.41) is 23.1. The number of carbonyl (C=O) groups excluding carboxylic acids is 11. The maximum atomic E-state index is 15.3. The van der Waals surface area contributed by atoms with Crippen molar-refractivity contribution in [3.63, 3.8) is 0 Å². The minimum absolute atomic E-state index is 0.0381. The van der Waals surface area contributed by atoms with E-state index in [1.165, 1.54) is 96.6 Å². The fourth-order valence-corrected chi connectivity index (χ4v) is 11.9. The largest absolute Gasteiger partial charge is 0.390 e. The number of nitrogens with zero attached hydrogens (tertiary/aromatic N) is 7. The molecule has 0 bridgehead atoms. The average Bonchev–Trinajstić information content (AvgIpc) is 0.872. The molecule has 0 aliphatic carbocycles. The molecule has 540 valence electrons. The van der Waals surface area contributed by atoms with E-state index in [2.05, 4.69) is 21.3 Å². The number of rotatable bonds is 21. The lowest BCUT2D eigenvalue weighted by molar-refractivity contribution is -0.157. The monoisotopic (exact) mass is 1350 g/mol. The standard InChI is InChI=1S/C66H119N11O16S/c1-26-28-31-42(13)55(78)54-59(82)69-47(27-2)62(85)71(18)45(16)61(84)76(23)53(46(17)92-32-29-30-33-93-94(25,90)91)58(81)70-51(40(9)10)65(88)72(19)48(34-37(3)4)57(80)67-43(14)56(79)68-44(15)60(83)73(20)49(35-38(5)6)63(86)74(21)50(36-39(7)8)64(87)75(22)52(41(11)12)66(89)77(54)24/h26,28,37-55,78H,27,29-36H2,1-25H3,(H,67,80)(H,68,79)(H,69,82)(H,70,81)/b28-26+/t42-,43+,44+,45-,46-,47+,48-,49+,50-,51+,52+,53+,54+,55-/m1/s1. The Bertz CT molecular complexity index is 2710. The molecule has 1 fully saturated rings. The third-order valence-corrected chi connectivity index (χ3v) is 18.0. The van der Waals surface area contributed by atoms with E-state index in [0.29, 0.717) is 0 Å². The first-order valence-electron chi connectivity index (χ1n) is 33.2. The van der Waals surface area contributed by atoms with Gasteiger partial charge in [-0.15, -0.1) is 0 Å². The lowest BCUT2D eigenvalue weighted by Crippen LogP contribution is -2.64. The molecule has 94 heavy (non-hydrogen) atoms. The molecule has 28 heteroatoms. The average molecular weight is 1350 g/mol. The lowest BCUT2D eigenvalue weighted by atomic mass is 9.91. The Balaban J connectivity index is 4.44. The maximum absolute atomic E-state index is 15.3. The molecule has 1 rings (SSSR count). The van der Waals surface area contributed by atoms with Crippen molar-refractivity contribution in [3.05, 3.63) is 12.2 Å². The fraction of sp³-hybridized carbons (Fsp3) is 0.803. The molecule has 0 aromatic heterocycles. The smallest absolute Gasteiger partial charge is 0.264 e. The first-order chi connectivity index (χ1) is 43.3. The zero-order valence-corrected chi connectivity index (χ0v) is 61.9. The quantitative estimate of drug-likeness (QED) is 0.0627. The van der Waals surface area contributed by atoms with Gasteiger partial charge in [-0.3, -0.25) is 56.9 Å². The summed E-state index contributed by atoms with van der Waals surface area (Å²) in [7, 11) is 5.92. The number of nitrogens with one attached hydrogen (secondary N) is 4. The summed E-state index contributed by atoms with van der Waals surface area (Å²) in [5.74, 6) is -10.7. The van der Waals surface area contributed by atoms with Crippen LogP contribution in [0.15, 0.2) is 12.2 Å². The molecular formula is C66H119N11O16S. The molecule has 1 aliphatic rings. The van der Waals surface area contributed by atoms with Gasteiger partial charge in [0.05, 0.1) is 25.1 Å². The summed E-state index contributed by atoms with van der Waals surface area (Å²) in [4.78, 5) is 171. The van der Waals surface area contributed by atoms with Gasteiger partial charge in [0.1, 0.15) is 66.5 Å². The highest BCUT2D eigenvalue weighted by atomic mass is 32.2. The second-order valence-corrected chi connectivity index (χ2v) is 29.2. The van der Waals surface area contributed by atoms with Crippen LogP contribution in [0.3, 0.4) is 0 Å². The summed E-state index contributed by atoms with van der Waals surface area (Å²) >= 11 is 0. The molecule has 11 amide bonds. The number of hydrogen-bond donors (Lipinski definition) is 5. The molecule has 1 saturated heterocycles. The molecule has 14 atom stereocenters. The Morgan fingerprint density at radius 3 is 1.41 bits per heavy atom.